The first-order valence-electron chi connectivity index (χ1n) is 10.3. The number of hydrogen-bond donors (Lipinski definition) is 1. The number of amidine groups is 1. The van der Waals surface area contributed by atoms with Crippen LogP contribution >= 0.6 is 11.8 Å². The van der Waals surface area contributed by atoms with Gasteiger partial charge in [-0.25, -0.2) is 8.42 Å². The lowest BCUT2D eigenvalue weighted by molar-refractivity contribution is -0.114. The van der Waals surface area contributed by atoms with E-state index in [2.05, 4.69) is 10.3 Å². The molecule has 2 aliphatic heterocycles. The van der Waals surface area contributed by atoms with Crippen molar-refractivity contribution in [3.8, 4) is 11.5 Å². The number of sulfone groups is 1. The Balaban J connectivity index is 1.54. The van der Waals surface area contributed by atoms with Gasteiger partial charge in [-0.05, 0) is 55.5 Å². The number of anilines is 2. The van der Waals surface area contributed by atoms with E-state index in [1.54, 1.807) is 31.4 Å². The molecule has 2 aliphatic rings. The van der Waals surface area contributed by atoms with Crippen LogP contribution in [0.1, 0.15) is 6.92 Å². The third-order valence-electron chi connectivity index (χ3n) is 5.17. The second kappa shape index (κ2) is 9.41. The molecule has 0 aliphatic carbocycles. The number of nitrogens with one attached hydrogen (secondary N) is 1. The molecule has 2 aromatic carbocycles. The summed E-state index contributed by atoms with van der Waals surface area (Å²) in [5, 5.41) is 3.44. The van der Waals surface area contributed by atoms with Crippen LogP contribution in [0.3, 0.4) is 0 Å². The van der Waals surface area contributed by atoms with E-state index in [0.29, 0.717) is 23.2 Å². The number of carbonyl (C=O) groups is 1. The molecule has 1 N–H and O–H groups in total. The number of fused-ring (bicyclic) bond motifs is 1. The molecule has 0 saturated carbocycles. The molecule has 4 rings (SSSR count). The lowest BCUT2D eigenvalue weighted by Gasteiger charge is -2.24. The van der Waals surface area contributed by atoms with Gasteiger partial charge >= 0.3 is 0 Å². The predicted molar refractivity (Wildman–Crippen MR) is 128 cm³/mol. The monoisotopic (exact) mass is 475 g/mol. The van der Waals surface area contributed by atoms with Gasteiger partial charge in [-0.2, -0.15) is 0 Å². The number of benzene rings is 2. The van der Waals surface area contributed by atoms with Crippen molar-refractivity contribution in [2.75, 3.05) is 42.0 Å². The fourth-order valence-corrected chi connectivity index (χ4v) is 7.43. The van der Waals surface area contributed by atoms with E-state index < -0.39 is 9.84 Å². The normalized spacial score (nSPS) is 20.9. The fourth-order valence-electron chi connectivity index (χ4n) is 3.65. The molecule has 2 aromatic rings. The molecule has 0 bridgehead atoms. The molecular weight excluding hydrogens is 450 g/mol. The topological polar surface area (TPSA) is 97.3 Å². The van der Waals surface area contributed by atoms with E-state index in [1.165, 1.54) is 11.8 Å². The van der Waals surface area contributed by atoms with Gasteiger partial charge in [0.25, 0.3) is 0 Å². The summed E-state index contributed by atoms with van der Waals surface area (Å²) >= 11 is 1.42. The summed E-state index contributed by atoms with van der Waals surface area (Å²) < 4.78 is 34.5. The van der Waals surface area contributed by atoms with Crippen molar-refractivity contribution in [3.05, 3.63) is 48.5 Å². The molecule has 1 saturated heterocycles. The lowest BCUT2D eigenvalue weighted by Crippen LogP contribution is -2.36. The van der Waals surface area contributed by atoms with Gasteiger partial charge in [-0.15, -0.1) is 0 Å². The highest BCUT2D eigenvalue weighted by atomic mass is 32.2. The van der Waals surface area contributed by atoms with Gasteiger partial charge in [0, 0.05) is 16.6 Å². The molecule has 0 aromatic heterocycles. The predicted octanol–water partition coefficient (Wildman–Crippen LogP) is 2.81. The zero-order chi connectivity index (χ0) is 22.7. The van der Waals surface area contributed by atoms with Crippen LogP contribution < -0.4 is 19.7 Å². The van der Waals surface area contributed by atoms with Crippen molar-refractivity contribution < 1.29 is 22.7 Å². The van der Waals surface area contributed by atoms with Crippen molar-refractivity contribution in [2.24, 2.45) is 4.99 Å². The maximum absolute atomic E-state index is 12.9. The largest absolute Gasteiger partial charge is 0.497 e. The number of hydrogen-bond acceptors (Lipinski definition) is 8. The maximum Gasteiger partial charge on any atom is 0.244 e. The van der Waals surface area contributed by atoms with Gasteiger partial charge in [0.2, 0.25) is 5.91 Å². The third kappa shape index (κ3) is 5.18. The van der Waals surface area contributed by atoms with Crippen LogP contribution in [0.2, 0.25) is 0 Å². The number of aliphatic imine (C=N–C) groups is 1. The second-order valence-corrected chi connectivity index (χ2v) is 10.9. The summed E-state index contributed by atoms with van der Waals surface area (Å²) in [6.45, 7) is 2.52. The molecule has 0 spiro atoms. The van der Waals surface area contributed by atoms with E-state index in [0.717, 1.165) is 11.4 Å². The fraction of sp³-hybridized carbons (Fsp3) is 0.364. The van der Waals surface area contributed by atoms with Gasteiger partial charge < -0.3 is 19.7 Å². The third-order valence-corrected chi connectivity index (χ3v) is 8.42. The summed E-state index contributed by atoms with van der Waals surface area (Å²) in [4.78, 5) is 19.3. The Morgan fingerprint density at radius 1 is 1.12 bits per heavy atom. The van der Waals surface area contributed by atoms with Crippen LogP contribution in [0, 0.1) is 0 Å². The average molecular weight is 476 g/mol. The average Bonchev–Trinajstić information content (AvgIpc) is 3.27. The number of methoxy groups -OCH3 is 1. The number of nitrogens with zero attached hydrogens (tertiary/aromatic N) is 2. The quantitative estimate of drug-likeness (QED) is 0.658. The van der Waals surface area contributed by atoms with Crippen LogP contribution in [0.15, 0.2) is 53.5 Å². The van der Waals surface area contributed by atoms with Gasteiger partial charge in [-0.3, -0.25) is 9.79 Å². The van der Waals surface area contributed by atoms with Crippen molar-refractivity contribution in [1.82, 2.24) is 0 Å². The highest BCUT2D eigenvalue weighted by Crippen LogP contribution is 2.37. The first kappa shape index (κ1) is 22.5. The van der Waals surface area contributed by atoms with E-state index in [4.69, 9.17) is 9.47 Å². The van der Waals surface area contributed by atoms with Crippen molar-refractivity contribution in [3.63, 3.8) is 0 Å². The molecular formula is C22H25N3O5S2. The van der Waals surface area contributed by atoms with Gasteiger partial charge in [0.05, 0.1) is 31.3 Å². The molecule has 1 amide bonds. The Bertz CT molecular complexity index is 1100. The smallest absolute Gasteiger partial charge is 0.244 e. The number of amides is 1. The van der Waals surface area contributed by atoms with Gasteiger partial charge in [0.1, 0.15) is 18.0 Å². The number of rotatable bonds is 7. The van der Waals surface area contributed by atoms with Crippen molar-refractivity contribution in [2.45, 2.75) is 18.2 Å². The lowest BCUT2D eigenvalue weighted by atomic mass is 10.2. The highest BCUT2D eigenvalue weighted by molar-refractivity contribution is 8.15. The van der Waals surface area contributed by atoms with E-state index in [9.17, 15) is 13.2 Å². The molecule has 32 heavy (non-hydrogen) atoms. The van der Waals surface area contributed by atoms with E-state index >= 15 is 0 Å². The van der Waals surface area contributed by atoms with Gasteiger partial charge in [0.15, 0.2) is 15.0 Å². The standard InChI is InChI=1S/C22H25N3O5S2/c1-3-30-18-10-6-16(7-11-18)25(22-24-19-13-32(27,28)14-20(19)31-22)12-21(26)23-15-4-8-17(29-2)9-5-15/h4-11,19-20H,3,12-14H2,1-2H3,(H,23,26)/t19-,20+/m1/s1. The highest BCUT2D eigenvalue weighted by Gasteiger charge is 2.44. The SMILES string of the molecule is CCOc1ccc(N(CC(=O)Nc2ccc(OC)cc2)C2=N[C@@H]3CS(=O)(=O)C[C@@H]3S2)cc1. The van der Waals surface area contributed by atoms with Crippen LogP contribution in [-0.2, 0) is 14.6 Å². The Kier molecular flexibility index (Phi) is 6.61. The maximum atomic E-state index is 12.9. The summed E-state index contributed by atoms with van der Waals surface area (Å²) in [7, 11) is -1.47. The van der Waals surface area contributed by atoms with E-state index in [-0.39, 0.29) is 35.2 Å². The first-order valence-corrected chi connectivity index (χ1v) is 13.0. The minimum atomic E-state index is -3.05. The minimum absolute atomic E-state index is 0.0397. The Morgan fingerprint density at radius 2 is 1.81 bits per heavy atom. The molecule has 8 nitrogen and oxygen atoms in total. The first-order chi connectivity index (χ1) is 15.4. The number of carbonyl (C=O) groups excluding carboxylic acids is 1. The Hall–Kier alpha value is -2.72. The van der Waals surface area contributed by atoms with Gasteiger partial charge in [-0.1, -0.05) is 11.8 Å². The summed E-state index contributed by atoms with van der Waals surface area (Å²) in [5.41, 5.74) is 1.44. The van der Waals surface area contributed by atoms with Crippen LogP contribution in [-0.4, -0.2) is 62.6 Å². The molecule has 170 valence electrons. The zero-order valence-corrected chi connectivity index (χ0v) is 19.5. The minimum Gasteiger partial charge on any atom is -0.497 e. The summed E-state index contributed by atoms with van der Waals surface area (Å²) in [6.07, 6.45) is 0. The van der Waals surface area contributed by atoms with Crippen molar-refractivity contribution in [1.29, 1.82) is 0 Å². The number of thioether (sulfide) groups is 1. The Labute approximate surface area is 191 Å². The van der Waals surface area contributed by atoms with Crippen LogP contribution in [0.4, 0.5) is 11.4 Å². The molecule has 2 atom stereocenters. The summed E-state index contributed by atoms with van der Waals surface area (Å²) in [6, 6.07) is 14.3. The van der Waals surface area contributed by atoms with E-state index in [1.807, 2.05) is 36.1 Å². The summed E-state index contributed by atoms with van der Waals surface area (Å²) in [5.74, 6) is 1.41. The molecule has 1 fully saturated rings. The molecule has 0 radical (unpaired) electrons. The Morgan fingerprint density at radius 3 is 2.44 bits per heavy atom. The molecule has 10 heteroatoms. The van der Waals surface area contributed by atoms with Crippen LogP contribution in [0.5, 0.6) is 11.5 Å². The zero-order valence-electron chi connectivity index (χ0n) is 17.9. The molecule has 2 heterocycles. The molecule has 0 unspecified atom stereocenters. The number of ether oxygens (including phenoxy) is 2. The van der Waals surface area contributed by atoms with Crippen molar-refractivity contribution >= 4 is 44.0 Å². The second-order valence-electron chi connectivity index (χ2n) is 7.50. The van der Waals surface area contributed by atoms with Crippen LogP contribution in [0.25, 0.3) is 0 Å².